The van der Waals surface area contributed by atoms with Gasteiger partial charge in [-0.3, -0.25) is 14.5 Å². The number of phenols is 1. The Labute approximate surface area is 186 Å². The average molecular weight is 484 g/mol. The number of carbonyl (C=O) groups excluding carboxylic acids is 2. The van der Waals surface area contributed by atoms with Crippen molar-refractivity contribution in [3.63, 3.8) is 0 Å². The highest BCUT2D eigenvalue weighted by molar-refractivity contribution is 9.10. The summed E-state index contributed by atoms with van der Waals surface area (Å²) in [4.78, 5) is 27.0. The van der Waals surface area contributed by atoms with Gasteiger partial charge in [0.2, 0.25) is 0 Å². The van der Waals surface area contributed by atoms with E-state index in [1.807, 2.05) is 49.4 Å². The molecule has 1 N–H and O–H groups in total. The van der Waals surface area contributed by atoms with Crippen LogP contribution >= 0.6 is 27.7 Å². The van der Waals surface area contributed by atoms with Crippen LogP contribution in [0, 0.1) is 0 Å². The van der Waals surface area contributed by atoms with Crippen molar-refractivity contribution < 1.29 is 19.4 Å². The number of hydrogen-bond donors (Lipinski definition) is 1. The molecule has 30 heavy (non-hydrogen) atoms. The number of hydrogen-bond acceptors (Lipinski definition) is 5. The lowest BCUT2D eigenvalue weighted by Crippen LogP contribution is -2.27. The second-order valence-electron chi connectivity index (χ2n) is 6.73. The highest BCUT2D eigenvalue weighted by Crippen LogP contribution is 2.38. The lowest BCUT2D eigenvalue weighted by molar-refractivity contribution is -0.123. The fraction of sp³-hybridized carbons (Fsp3) is 0.130. The smallest absolute Gasteiger partial charge is 0.293 e. The van der Waals surface area contributed by atoms with Gasteiger partial charge in [-0.05, 0) is 80.8 Å². The molecule has 1 aliphatic rings. The van der Waals surface area contributed by atoms with Gasteiger partial charge in [-0.2, -0.15) is 0 Å². The van der Waals surface area contributed by atoms with Gasteiger partial charge in [0, 0.05) is 0 Å². The number of benzene rings is 3. The Bertz CT molecular complexity index is 1190. The minimum Gasteiger partial charge on any atom is -0.503 e. The van der Waals surface area contributed by atoms with Crippen LogP contribution in [0.1, 0.15) is 18.1 Å². The minimum absolute atomic E-state index is 0.00147. The van der Waals surface area contributed by atoms with Gasteiger partial charge in [0.05, 0.1) is 22.5 Å². The molecule has 2 amide bonds. The first-order chi connectivity index (χ1) is 14.5. The first kappa shape index (κ1) is 20.5. The molecule has 0 atom stereocenters. The Hall–Kier alpha value is -2.77. The molecule has 1 fully saturated rings. The van der Waals surface area contributed by atoms with Crippen molar-refractivity contribution in [1.82, 2.24) is 4.90 Å². The molecule has 3 aromatic rings. The fourth-order valence-corrected chi connectivity index (χ4v) is 4.55. The number of nitrogens with zero attached hydrogens (tertiary/aromatic N) is 1. The number of fused-ring (bicyclic) bond motifs is 1. The molecule has 3 aromatic carbocycles. The SMILES string of the molecule is CCOc1cc(/C=C2\SC(=O)N(Cc3ccc4ccccc4c3)C2=O)cc(Br)c1O. The zero-order chi connectivity index (χ0) is 21.3. The van der Waals surface area contributed by atoms with Crippen molar-refractivity contribution in [2.45, 2.75) is 13.5 Å². The maximum absolute atomic E-state index is 12.9. The summed E-state index contributed by atoms with van der Waals surface area (Å²) in [6, 6.07) is 17.2. The Morgan fingerprint density at radius 2 is 1.87 bits per heavy atom. The van der Waals surface area contributed by atoms with E-state index in [0.29, 0.717) is 27.3 Å². The molecule has 1 saturated heterocycles. The van der Waals surface area contributed by atoms with Gasteiger partial charge in [-0.1, -0.05) is 36.4 Å². The van der Waals surface area contributed by atoms with Gasteiger partial charge in [0.1, 0.15) is 0 Å². The normalized spacial score (nSPS) is 15.4. The van der Waals surface area contributed by atoms with E-state index in [2.05, 4.69) is 15.9 Å². The number of halogens is 1. The summed E-state index contributed by atoms with van der Waals surface area (Å²) in [5.41, 5.74) is 1.54. The summed E-state index contributed by atoms with van der Waals surface area (Å²) in [6.45, 7) is 2.43. The summed E-state index contributed by atoms with van der Waals surface area (Å²) < 4.78 is 5.88. The standard InChI is InChI=1S/C23H18BrNO4S/c1-2-29-19-11-15(10-18(24)21(19)26)12-20-22(27)25(23(28)30-20)13-14-7-8-16-5-3-4-6-17(16)9-14/h3-12,26H,2,13H2,1H3/b20-12-. The molecular weight excluding hydrogens is 466 g/mol. The average Bonchev–Trinajstić information content (AvgIpc) is 2.99. The van der Waals surface area contributed by atoms with Crippen molar-refractivity contribution in [2.75, 3.05) is 6.61 Å². The third-order valence-corrected chi connectivity index (χ3v) is 6.19. The highest BCUT2D eigenvalue weighted by atomic mass is 79.9. The van der Waals surface area contributed by atoms with Crippen LogP contribution in [0.4, 0.5) is 4.79 Å². The van der Waals surface area contributed by atoms with Crippen molar-refractivity contribution in [2.24, 2.45) is 0 Å². The van der Waals surface area contributed by atoms with E-state index in [1.54, 1.807) is 18.2 Å². The number of aromatic hydroxyl groups is 1. The van der Waals surface area contributed by atoms with Crippen molar-refractivity contribution in [3.05, 3.63) is 75.1 Å². The van der Waals surface area contributed by atoms with Crippen LogP contribution in [0.2, 0.25) is 0 Å². The monoisotopic (exact) mass is 483 g/mol. The second kappa shape index (κ2) is 8.53. The van der Waals surface area contributed by atoms with E-state index in [0.717, 1.165) is 28.1 Å². The molecule has 5 nitrogen and oxygen atoms in total. The molecule has 1 heterocycles. The summed E-state index contributed by atoms with van der Waals surface area (Å²) in [5, 5.41) is 11.9. The van der Waals surface area contributed by atoms with Gasteiger partial charge in [0.15, 0.2) is 11.5 Å². The molecule has 0 unspecified atom stereocenters. The lowest BCUT2D eigenvalue weighted by atomic mass is 10.1. The number of imide groups is 1. The summed E-state index contributed by atoms with van der Waals surface area (Å²) >= 11 is 4.20. The summed E-state index contributed by atoms with van der Waals surface area (Å²) in [5.74, 6) is -0.0211. The highest BCUT2D eigenvalue weighted by Gasteiger charge is 2.35. The number of amides is 2. The summed E-state index contributed by atoms with van der Waals surface area (Å²) in [7, 11) is 0. The van der Waals surface area contributed by atoms with Crippen LogP contribution in [0.5, 0.6) is 11.5 Å². The number of phenolic OH excluding ortho intramolecular Hbond substituents is 1. The molecule has 4 rings (SSSR count). The molecular formula is C23H18BrNO4S. The van der Waals surface area contributed by atoms with E-state index in [9.17, 15) is 14.7 Å². The van der Waals surface area contributed by atoms with Crippen molar-refractivity contribution in [3.8, 4) is 11.5 Å². The van der Waals surface area contributed by atoms with Crippen molar-refractivity contribution >= 4 is 55.7 Å². The van der Waals surface area contributed by atoms with Gasteiger partial charge < -0.3 is 9.84 Å². The van der Waals surface area contributed by atoms with Crippen LogP contribution in [0.15, 0.2) is 64.0 Å². The Balaban J connectivity index is 1.59. The number of thioether (sulfide) groups is 1. The molecule has 0 aliphatic carbocycles. The van der Waals surface area contributed by atoms with E-state index >= 15 is 0 Å². The van der Waals surface area contributed by atoms with E-state index in [1.165, 1.54) is 4.90 Å². The van der Waals surface area contributed by atoms with E-state index in [-0.39, 0.29) is 23.4 Å². The van der Waals surface area contributed by atoms with Crippen LogP contribution in [0.25, 0.3) is 16.8 Å². The molecule has 152 valence electrons. The van der Waals surface area contributed by atoms with Crippen LogP contribution in [-0.4, -0.2) is 27.8 Å². The maximum Gasteiger partial charge on any atom is 0.293 e. The number of ether oxygens (including phenoxy) is 1. The molecule has 0 aromatic heterocycles. The van der Waals surface area contributed by atoms with Gasteiger partial charge >= 0.3 is 0 Å². The zero-order valence-corrected chi connectivity index (χ0v) is 18.5. The topological polar surface area (TPSA) is 66.8 Å². The maximum atomic E-state index is 12.9. The Morgan fingerprint density at radius 3 is 2.63 bits per heavy atom. The minimum atomic E-state index is -0.333. The quantitative estimate of drug-likeness (QED) is 0.454. The molecule has 1 aliphatic heterocycles. The Kier molecular flexibility index (Phi) is 5.83. The first-order valence-electron chi connectivity index (χ1n) is 9.34. The fourth-order valence-electron chi connectivity index (χ4n) is 3.25. The number of carbonyl (C=O) groups is 2. The van der Waals surface area contributed by atoms with Crippen LogP contribution in [0.3, 0.4) is 0 Å². The first-order valence-corrected chi connectivity index (χ1v) is 11.0. The van der Waals surface area contributed by atoms with E-state index in [4.69, 9.17) is 4.74 Å². The Morgan fingerprint density at radius 1 is 1.10 bits per heavy atom. The molecule has 0 saturated carbocycles. The van der Waals surface area contributed by atoms with Gasteiger partial charge in [0.25, 0.3) is 11.1 Å². The largest absolute Gasteiger partial charge is 0.503 e. The van der Waals surface area contributed by atoms with Crippen molar-refractivity contribution in [1.29, 1.82) is 0 Å². The van der Waals surface area contributed by atoms with E-state index < -0.39 is 0 Å². The third-order valence-electron chi connectivity index (χ3n) is 4.68. The second-order valence-corrected chi connectivity index (χ2v) is 8.58. The van der Waals surface area contributed by atoms with Gasteiger partial charge in [-0.15, -0.1) is 0 Å². The summed E-state index contributed by atoms with van der Waals surface area (Å²) in [6.07, 6.45) is 1.64. The molecule has 7 heteroatoms. The predicted molar refractivity (Wildman–Crippen MR) is 122 cm³/mol. The van der Waals surface area contributed by atoms with Crippen LogP contribution in [-0.2, 0) is 11.3 Å². The molecule has 0 bridgehead atoms. The molecule has 0 radical (unpaired) electrons. The van der Waals surface area contributed by atoms with Crippen LogP contribution < -0.4 is 4.74 Å². The molecule has 0 spiro atoms. The third kappa shape index (κ3) is 4.08. The van der Waals surface area contributed by atoms with Gasteiger partial charge in [-0.25, -0.2) is 0 Å². The zero-order valence-electron chi connectivity index (χ0n) is 16.1. The lowest BCUT2D eigenvalue weighted by Gasteiger charge is -2.13. The number of rotatable bonds is 5. The predicted octanol–water partition coefficient (Wildman–Crippen LogP) is 5.94.